The van der Waals surface area contributed by atoms with E-state index in [0.717, 1.165) is 23.6 Å². The molecule has 0 atom stereocenters. The lowest BCUT2D eigenvalue weighted by Gasteiger charge is -2.08. The Balaban J connectivity index is 2.30. The Hall–Kier alpha value is -1.97. The van der Waals surface area contributed by atoms with Crippen molar-refractivity contribution in [2.45, 2.75) is 20.4 Å². The number of benzene rings is 1. The van der Waals surface area contributed by atoms with Crippen LogP contribution in [-0.4, -0.2) is 16.7 Å². The van der Waals surface area contributed by atoms with E-state index in [1.807, 2.05) is 28.8 Å². The summed E-state index contributed by atoms with van der Waals surface area (Å²) in [4.78, 5) is 4.39. The molecule has 0 aliphatic rings. The fraction of sp³-hybridized carbons (Fsp3) is 0.357. The number of ether oxygens (including phenoxy) is 1. The summed E-state index contributed by atoms with van der Waals surface area (Å²) in [6, 6.07) is 7.76. The molecule has 2 rings (SSSR count). The van der Waals surface area contributed by atoms with Crippen LogP contribution in [0.15, 0.2) is 30.6 Å². The molecule has 0 unspecified atom stereocenters. The smallest absolute Gasteiger partial charge is 0.131 e. The van der Waals surface area contributed by atoms with E-state index in [-0.39, 0.29) is 0 Å². The largest absolute Gasteiger partial charge is 0.497 e. The van der Waals surface area contributed by atoms with Crippen LogP contribution in [0.4, 0.5) is 5.82 Å². The number of methoxy groups -OCH3 is 1. The molecular formula is C14H19N3O. The summed E-state index contributed by atoms with van der Waals surface area (Å²) in [7, 11) is 1.65. The molecule has 0 fully saturated rings. The molecule has 4 nitrogen and oxygen atoms in total. The molecule has 0 aliphatic heterocycles. The quantitative estimate of drug-likeness (QED) is 0.901. The SMILES string of the molecule is COc1ccc(-c2ncn(CC(C)C)c2N)cc1. The average molecular weight is 245 g/mol. The minimum Gasteiger partial charge on any atom is -0.497 e. The van der Waals surface area contributed by atoms with Gasteiger partial charge in [-0.15, -0.1) is 0 Å². The van der Waals surface area contributed by atoms with Gasteiger partial charge in [-0.1, -0.05) is 13.8 Å². The molecule has 1 heterocycles. The molecule has 0 amide bonds. The van der Waals surface area contributed by atoms with Gasteiger partial charge in [0.1, 0.15) is 17.3 Å². The normalized spacial score (nSPS) is 10.9. The zero-order chi connectivity index (χ0) is 13.1. The van der Waals surface area contributed by atoms with Crippen molar-refractivity contribution >= 4 is 5.82 Å². The van der Waals surface area contributed by atoms with Crippen molar-refractivity contribution in [1.82, 2.24) is 9.55 Å². The van der Waals surface area contributed by atoms with Gasteiger partial charge >= 0.3 is 0 Å². The highest BCUT2D eigenvalue weighted by atomic mass is 16.5. The minimum atomic E-state index is 0.546. The molecule has 0 radical (unpaired) electrons. The molecule has 0 bridgehead atoms. The van der Waals surface area contributed by atoms with Crippen molar-refractivity contribution in [1.29, 1.82) is 0 Å². The van der Waals surface area contributed by atoms with Gasteiger partial charge in [0, 0.05) is 12.1 Å². The van der Waals surface area contributed by atoms with E-state index < -0.39 is 0 Å². The first kappa shape index (κ1) is 12.5. The number of anilines is 1. The van der Waals surface area contributed by atoms with Crippen LogP contribution in [0.3, 0.4) is 0 Å². The van der Waals surface area contributed by atoms with E-state index in [2.05, 4.69) is 18.8 Å². The van der Waals surface area contributed by atoms with Gasteiger partial charge in [0.15, 0.2) is 0 Å². The summed E-state index contributed by atoms with van der Waals surface area (Å²) in [5.41, 5.74) is 7.97. The second-order valence-electron chi connectivity index (χ2n) is 4.75. The Morgan fingerprint density at radius 1 is 1.28 bits per heavy atom. The van der Waals surface area contributed by atoms with Crippen LogP contribution in [0, 0.1) is 5.92 Å². The molecule has 18 heavy (non-hydrogen) atoms. The zero-order valence-electron chi connectivity index (χ0n) is 11.1. The number of hydrogen-bond donors (Lipinski definition) is 1. The summed E-state index contributed by atoms with van der Waals surface area (Å²) in [5, 5.41) is 0. The topological polar surface area (TPSA) is 53.1 Å². The summed E-state index contributed by atoms with van der Waals surface area (Å²) in [6.45, 7) is 5.20. The number of nitrogen functional groups attached to an aromatic ring is 1. The van der Waals surface area contributed by atoms with Crippen LogP contribution < -0.4 is 10.5 Å². The standard InChI is InChI=1S/C14H19N3O/c1-10(2)8-17-9-16-13(14(17)15)11-4-6-12(18-3)7-5-11/h4-7,9-10H,8,15H2,1-3H3. The Labute approximate surface area is 107 Å². The Morgan fingerprint density at radius 2 is 1.94 bits per heavy atom. The van der Waals surface area contributed by atoms with E-state index in [0.29, 0.717) is 11.7 Å². The van der Waals surface area contributed by atoms with Gasteiger partial charge in [0.2, 0.25) is 0 Å². The second kappa shape index (κ2) is 5.12. The first-order valence-electron chi connectivity index (χ1n) is 6.07. The highest BCUT2D eigenvalue weighted by Crippen LogP contribution is 2.26. The Kier molecular flexibility index (Phi) is 3.55. The van der Waals surface area contributed by atoms with Crippen LogP contribution in [0.25, 0.3) is 11.3 Å². The van der Waals surface area contributed by atoms with Gasteiger partial charge in [0.25, 0.3) is 0 Å². The van der Waals surface area contributed by atoms with E-state index in [1.54, 1.807) is 13.4 Å². The van der Waals surface area contributed by atoms with Crippen molar-refractivity contribution in [2.24, 2.45) is 5.92 Å². The lowest BCUT2D eigenvalue weighted by atomic mass is 10.1. The number of imidazole rings is 1. The lowest BCUT2D eigenvalue weighted by molar-refractivity contribution is 0.415. The molecule has 0 saturated carbocycles. The third kappa shape index (κ3) is 2.47. The van der Waals surface area contributed by atoms with Crippen molar-refractivity contribution in [3.05, 3.63) is 30.6 Å². The van der Waals surface area contributed by atoms with Crippen molar-refractivity contribution < 1.29 is 4.74 Å². The molecule has 1 aromatic heterocycles. The van der Waals surface area contributed by atoms with Gasteiger partial charge in [-0.2, -0.15) is 0 Å². The van der Waals surface area contributed by atoms with Crippen molar-refractivity contribution in [3.8, 4) is 17.0 Å². The maximum absolute atomic E-state index is 6.12. The number of aromatic nitrogens is 2. The van der Waals surface area contributed by atoms with Crippen LogP contribution in [0.5, 0.6) is 5.75 Å². The first-order valence-corrected chi connectivity index (χ1v) is 6.07. The number of nitrogens with zero attached hydrogens (tertiary/aromatic N) is 2. The highest BCUT2D eigenvalue weighted by molar-refractivity contribution is 5.70. The predicted octanol–water partition coefficient (Wildman–Crippen LogP) is 2.80. The van der Waals surface area contributed by atoms with Crippen LogP contribution in [0.2, 0.25) is 0 Å². The Bertz CT molecular complexity index is 514. The Morgan fingerprint density at radius 3 is 2.50 bits per heavy atom. The van der Waals surface area contributed by atoms with Gasteiger partial charge in [-0.05, 0) is 30.2 Å². The number of nitrogens with two attached hydrogens (primary N) is 1. The molecule has 0 spiro atoms. The van der Waals surface area contributed by atoms with E-state index >= 15 is 0 Å². The average Bonchev–Trinajstić information content (AvgIpc) is 2.71. The molecule has 1 aromatic carbocycles. The van der Waals surface area contributed by atoms with Gasteiger partial charge in [-0.25, -0.2) is 4.98 Å². The third-order valence-corrected chi connectivity index (χ3v) is 2.80. The number of rotatable bonds is 4. The molecule has 4 heteroatoms. The molecule has 0 aliphatic carbocycles. The fourth-order valence-electron chi connectivity index (χ4n) is 1.90. The number of hydrogen-bond acceptors (Lipinski definition) is 3. The van der Waals surface area contributed by atoms with E-state index in [9.17, 15) is 0 Å². The third-order valence-electron chi connectivity index (χ3n) is 2.80. The maximum atomic E-state index is 6.12. The van der Waals surface area contributed by atoms with Crippen LogP contribution in [0.1, 0.15) is 13.8 Å². The zero-order valence-corrected chi connectivity index (χ0v) is 11.1. The monoisotopic (exact) mass is 245 g/mol. The fourth-order valence-corrected chi connectivity index (χ4v) is 1.90. The van der Waals surface area contributed by atoms with Gasteiger partial charge in [-0.3, -0.25) is 0 Å². The van der Waals surface area contributed by atoms with Gasteiger partial charge in [0.05, 0.1) is 13.4 Å². The molecule has 0 saturated heterocycles. The predicted molar refractivity (Wildman–Crippen MR) is 73.5 cm³/mol. The minimum absolute atomic E-state index is 0.546. The molecule has 2 N–H and O–H groups in total. The summed E-state index contributed by atoms with van der Waals surface area (Å²) in [5.74, 6) is 2.10. The van der Waals surface area contributed by atoms with E-state index in [1.165, 1.54) is 0 Å². The summed E-state index contributed by atoms with van der Waals surface area (Å²) < 4.78 is 7.13. The van der Waals surface area contributed by atoms with Crippen LogP contribution in [-0.2, 0) is 6.54 Å². The van der Waals surface area contributed by atoms with Crippen molar-refractivity contribution in [3.63, 3.8) is 0 Å². The van der Waals surface area contributed by atoms with E-state index in [4.69, 9.17) is 10.5 Å². The molecular weight excluding hydrogens is 226 g/mol. The molecule has 96 valence electrons. The lowest BCUT2D eigenvalue weighted by Crippen LogP contribution is -2.06. The van der Waals surface area contributed by atoms with Gasteiger partial charge < -0.3 is 15.0 Å². The first-order chi connectivity index (χ1) is 8.61. The highest BCUT2D eigenvalue weighted by Gasteiger charge is 2.10. The molecule has 2 aromatic rings. The van der Waals surface area contributed by atoms with Crippen molar-refractivity contribution in [2.75, 3.05) is 12.8 Å². The van der Waals surface area contributed by atoms with Crippen LogP contribution >= 0.6 is 0 Å². The second-order valence-corrected chi connectivity index (χ2v) is 4.75. The summed E-state index contributed by atoms with van der Waals surface area (Å²) >= 11 is 0. The maximum Gasteiger partial charge on any atom is 0.131 e. The summed E-state index contributed by atoms with van der Waals surface area (Å²) in [6.07, 6.45) is 1.80.